The molecule has 172 valence electrons. The average Bonchev–Trinajstić information content (AvgIpc) is 2.86. The van der Waals surface area contributed by atoms with Crippen molar-refractivity contribution in [3.8, 4) is 5.75 Å². The zero-order chi connectivity index (χ0) is 23.7. The first-order chi connectivity index (χ1) is 16.5. The number of aromatic nitrogens is 2. The summed E-state index contributed by atoms with van der Waals surface area (Å²) >= 11 is 3.47. The summed E-state index contributed by atoms with van der Waals surface area (Å²) < 4.78 is 19.1. The van der Waals surface area contributed by atoms with Gasteiger partial charge in [-0.05, 0) is 24.3 Å². The third-order valence-electron chi connectivity index (χ3n) is 5.45. The van der Waals surface area contributed by atoms with Crippen molar-refractivity contribution in [1.29, 1.82) is 0 Å². The van der Waals surface area contributed by atoms with Crippen molar-refractivity contribution in [3.05, 3.63) is 109 Å². The maximum absolute atomic E-state index is 12.6. The van der Waals surface area contributed by atoms with Crippen LogP contribution in [0.25, 0.3) is 10.8 Å². The number of carbonyl (C=O) groups excluding carboxylic acids is 1. The summed E-state index contributed by atoms with van der Waals surface area (Å²) in [5.41, 5.74) is 1.42. The molecular formula is C25H19BrN2O6. The van der Waals surface area contributed by atoms with E-state index in [1.165, 1.54) is 0 Å². The summed E-state index contributed by atoms with van der Waals surface area (Å²) in [5, 5.41) is 2.93. The maximum atomic E-state index is 12.6. The molecule has 1 unspecified atom stereocenters. The van der Waals surface area contributed by atoms with Crippen LogP contribution in [0.4, 0.5) is 0 Å². The van der Waals surface area contributed by atoms with Crippen molar-refractivity contribution in [3.63, 3.8) is 0 Å². The van der Waals surface area contributed by atoms with Gasteiger partial charge in [-0.1, -0.05) is 58.4 Å². The van der Waals surface area contributed by atoms with Crippen LogP contribution in [0.3, 0.4) is 0 Å². The smallest absolute Gasteiger partial charge is 0.328 e. The predicted octanol–water partition coefficient (Wildman–Crippen LogP) is 3.80. The minimum Gasteiger partial charge on any atom is -0.460 e. The molecule has 3 aromatic carbocycles. The highest BCUT2D eigenvalue weighted by molar-refractivity contribution is 9.10. The second kappa shape index (κ2) is 9.28. The molecule has 9 heteroatoms. The molecule has 0 radical (unpaired) electrons. The fourth-order valence-electron chi connectivity index (χ4n) is 3.85. The van der Waals surface area contributed by atoms with E-state index in [2.05, 4.69) is 21.0 Å². The van der Waals surface area contributed by atoms with E-state index in [9.17, 15) is 14.4 Å². The number of carbonyl (C=O) groups is 1. The van der Waals surface area contributed by atoms with E-state index in [0.29, 0.717) is 17.9 Å². The number of benzene rings is 3. The van der Waals surface area contributed by atoms with Gasteiger partial charge >= 0.3 is 5.97 Å². The number of halogens is 1. The van der Waals surface area contributed by atoms with Crippen LogP contribution in [-0.4, -0.2) is 15.7 Å². The highest BCUT2D eigenvalue weighted by Gasteiger charge is 2.25. The van der Waals surface area contributed by atoms with E-state index in [1.807, 2.05) is 42.5 Å². The number of aromatic amines is 1. The minimum atomic E-state index is -0.673. The van der Waals surface area contributed by atoms with Crippen LogP contribution in [0.1, 0.15) is 23.0 Å². The number of H-pyrrole nitrogens is 1. The first-order valence-corrected chi connectivity index (χ1v) is 11.3. The van der Waals surface area contributed by atoms with Gasteiger partial charge in [0.05, 0.1) is 17.4 Å². The summed E-state index contributed by atoms with van der Waals surface area (Å²) in [5.74, 6) is -0.0826. The third kappa shape index (κ3) is 4.40. The highest BCUT2D eigenvalue weighted by Crippen LogP contribution is 2.38. The molecule has 0 spiro atoms. The molecule has 0 fully saturated rings. The Morgan fingerprint density at radius 2 is 1.79 bits per heavy atom. The van der Waals surface area contributed by atoms with Crippen LogP contribution in [0, 0.1) is 0 Å². The van der Waals surface area contributed by atoms with Crippen LogP contribution < -0.4 is 15.9 Å². The van der Waals surface area contributed by atoms with Crippen molar-refractivity contribution >= 4 is 32.7 Å². The lowest BCUT2D eigenvalue weighted by Gasteiger charge is -2.28. The lowest BCUT2D eigenvalue weighted by atomic mass is 10.1. The number of hydrogen-bond donors (Lipinski definition) is 1. The van der Waals surface area contributed by atoms with Gasteiger partial charge in [-0.3, -0.25) is 19.5 Å². The molecule has 1 aliphatic rings. The fraction of sp³-hybridized carbons (Fsp3) is 0.160. The molecule has 0 aliphatic carbocycles. The molecular weight excluding hydrogens is 504 g/mol. The summed E-state index contributed by atoms with van der Waals surface area (Å²) in [4.78, 5) is 37.4. The number of ether oxygens (including phenoxy) is 3. The normalized spacial score (nSPS) is 14.9. The van der Waals surface area contributed by atoms with Gasteiger partial charge < -0.3 is 14.2 Å². The molecule has 1 atom stereocenters. The van der Waals surface area contributed by atoms with Gasteiger partial charge in [0.2, 0.25) is 6.29 Å². The summed E-state index contributed by atoms with van der Waals surface area (Å²) in [6, 6.07) is 19.7. The zero-order valence-corrected chi connectivity index (χ0v) is 19.4. The molecule has 8 nitrogen and oxygen atoms in total. The van der Waals surface area contributed by atoms with Gasteiger partial charge in [-0.2, -0.15) is 0 Å². The Balaban J connectivity index is 1.34. The predicted molar refractivity (Wildman–Crippen MR) is 127 cm³/mol. The van der Waals surface area contributed by atoms with Crippen LogP contribution in [0.5, 0.6) is 5.75 Å². The fourth-order valence-corrected chi connectivity index (χ4v) is 4.40. The number of nitrogens with zero attached hydrogens (tertiary/aromatic N) is 1. The van der Waals surface area contributed by atoms with Crippen molar-refractivity contribution < 1.29 is 19.0 Å². The second-order valence-electron chi connectivity index (χ2n) is 7.76. The van der Waals surface area contributed by atoms with Gasteiger partial charge in [-0.15, -0.1) is 0 Å². The molecule has 1 N–H and O–H groups in total. The summed E-state index contributed by atoms with van der Waals surface area (Å²) in [7, 11) is 0. The van der Waals surface area contributed by atoms with E-state index in [1.54, 1.807) is 24.3 Å². The van der Waals surface area contributed by atoms with Gasteiger partial charge in [0.25, 0.3) is 11.1 Å². The van der Waals surface area contributed by atoms with Crippen molar-refractivity contribution in [1.82, 2.24) is 9.78 Å². The van der Waals surface area contributed by atoms with E-state index < -0.39 is 29.9 Å². The third-order valence-corrected chi connectivity index (χ3v) is 5.91. The molecule has 5 rings (SSSR count). The molecule has 0 bridgehead atoms. The molecule has 4 aromatic rings. The average molecular weight is 523 g/mol. The quantitative estimate of drug-likeness (QED) is 0.400. The van der Waals surface area contributed by atoms with Crippen molar-refractivity contribution in [2.24, 2.45) is 0 Å². The molecule has 1 aliphatic heterocycles. The monoisotopic (exact) mass is 522 g/mol. The number of esters is 1. The first kappa shape index (κ1) is 22.1. The highest BCUT2D eigenvalue weighted by atomic mass is 79.9. The lowest BCUT2D eigenvalue weighted by molar-refractivity contribution is -0.146. The Kier molecular flexibility index (Phi) is 6.04. The molecule has 0 amide bonds. The number of nitrogens with one attached hydrogen (secondary N) is 1. The van der Waals surface area contributed by atoms with Crippen LogP contribution in [0.15, 0.2) is 80.8 Å². The van der Waals surface area contributed by atoms with Crippen molar-refractivity contribution in [2.45, 2.75) is 26.0 Å². The molecule has 0 saturated heterocycles. The minimum absolute atomic E-state index is 0.0747. The molecule has 1 aromatic heterocycles. The van der Waals surface area contributed by atoms with Crippen LogP contribution >= 0.6 is 15.9 Å². The lowest BCUT2D eigenvalue weighted by Crippen LogP contribution is -2.32. The number of fused-ring (bicyclic) bond motifs is 2. The van der Waals surface area contributed by atoms with E-state index >= 15 is 0 Å². The number of rotatable bonds is 5. The molecule has 2 heterocycles. The largest absolute Gasteiger partial charge is 0.460 e. The van der Waals surface area contributed by atoms with E-state index in [-0.39, 0.29) is 17.4 Å². The summed E-state index contributed by atoms with van der Waals surface area (Å²) in [6.45, 7) is -0.163. The Morgan fingerprint density at radius 3 is 2.59 bits per heavy atom. The standard InChI is InChI=1S/C25H19BrN2O6/c26-18-10-16(22-17(11-18)14-33-25(34-22)15-6-2-1-3-7-15)13-32-21(29)12-28-24(31)20-9-5-4-8-19(20)23(30)27-28/h1-11,25H,12-14H2,(H,27,30). The zero-order valence-electron chi connectivity index (χ0n) is 17.8. The second-order valence-corrected chi connectivity index (χ2v) is 8.68. The molecule has 34 heavy (non-hydrogen) atoms. The van der Waals surface area contributed by atoms with Gasteiger partial charge in [0.1, 0.15) is 18.9 Å². The van der Waals surface area contributed by atoms with Gasteiger partial charge in [0, 0.05) is 21.2 Å². The van der Waals surface area contributed by atoms with Gasteiger partial charge in [0.15, 0.2) is 0 Å². The Hall–Kier alpha value is -3.69. The van der Waals surface area contributed by atoms with Gasteiger partial charge in [-0.25, -0.2) is 4.68 Å². The topological polar surface area (TPSA) is 99.6 Å². The Morgan fingerprint density at radius 1 is 1.06 bits per heavy atom. The first-order valence-electron chi connectivity index (χ1n) is 10.5. The summed E-state index contributed by atoms with van der Waals surface area (Å²) in [6.07, 6.45) is -0.578. The Labute approximate surface area is 201 Å². The van der Waals surface area contributed by atoms with E-state index in [4.69, 9.17) is 14.2 Å². The number of hydrogen-bond acceptors (Lipinski definition) is 6. The molecule has 0 saturated carbocycles. The van der Waals surface area contributed by atoms with Crippen molar-refractivity contribution in [2.75, 3.05) is 0 Å². The van der Waals surface area contributed by atoms with Crippen LogP contribution in [-0.2, 0) is 34.0 Å². The maximum Gasteiger partial charge on any atom is 0.328 e. The Bertz CT molecular complexity index is 1500. The SMILES string of the molecule is O=C(Cn1[nH]c(=O)c2ccccc2c1=O)OCc1cc(Br)cc2c1OC(c1ccccc1)OC2. The van der Waals surface area contributed by atoms with E-state index in [0.717, 1.165) is 20.3 Å². The van der Waals surface area contributed by atoms with Crippen LogP contribution in [0.2, 0.25) is 0 Å².